The molecule has 1 unspecified atom stereocenters. The number of pyridine rings is 1. The molecule has 0 radical (unpaired) electrons. The summed E-state index contributed by atoms with van der Waals surface area (Å²) in [4.78, 5) is 17.6. The van der Waals surface area contributed by atoms with Crippen LogP contribution in [0.4, 0.5) is 23.2 Å². The Morgan fingerprint density at radius 3 is 2.56 bits per heavy atom. The van der Waals surface area contributed by atoms with Gasteiger partial charge in [0.05, 0.1) is 14.9 Å². The van der Waals surface area contributed by atoms with E-state index in [2.05, 4.69) is 15.4 Å². The smallest absolute Gasteiger partial charge is 0.380 e. The molecule has 1 amide bonds. The lowest BCUT2D eigenvalue weighted by Gasteiger charge is -2.30. The summed E-state index contributed by atoms with van der Waals surface area (Å²) in [6.07, 6.45) is 1.51. The van der Waals surface area contributed by atoms with Crippen LogP contribution >= 0.6 is 22.6 Å². The van der Waals surface area contributed by atoms with Gasteiger partial charge in [-0.2, -0.15) is 18.3 Å². The Balaban J connectivity index is 1.54. The van der Waals surface area contributed by atoms with E-state index in [0.29, 0.717) is 29.0 Å². The quantitative estimate of drug-likeness (QED) is 0.145. The Labute approximate surface area is 246 Å². The van der Waals surface area contributed by atoms with Crippen LogP contribution in [0, 0.1) is 15.3 Å². The Morgan fingerprint density at radius 2 is 1.90 bits per heavy atom. The molecule has 2 aromatic carbocycles. The third kappa shape index (κ3) is 6.14. The number of nitrogens with two attached hydrogens (primary N) is 1. The maximum Gasteiger partial charge on any atom is 0.436 e. The topological polar surface area (TPSA) is 106 Å². The highest BCUT2D eigenvalue weighted by atomic mass is 127. The van der Waals surface area contributed by atoms with Crippen molar-refractivity contribution in [2.75, 3.05) is 5.32 Å². The van der Waals surface area contributed by atoms with Crippen molar-refractivity contribution in [3.05, 3.63) is 104 Å². The molecule has 4 aromatic rings. The second-order valence-corrected chi connectivity index (χ2v) is 11.1. The second kappa shape index (κ2) is 11.5. The third-order valence-electron chi connectivity index (χ3n) is 7.14. The molecule has 1 aliphatic carbocycles. The van der Waals surface area contributed by atoms with E-state index in [1.165, 1.54) is 53.1 Å². The second-order valence-electron chi connectivity index (χ2n) is 10.0. The van der Waals surface area contributed by atoms with Gasteiger partial charge in [0, 0.05) is 24.5 Å². The van der Waals surface area contributed by atoms with Crippen molar-refractivity contribution in [1.29, 1.82) is 0 Å². The van der Waals surface area contributed by atoms with Crippen molar-refractivity contribution in [1.82, 2.24) is 14.8 Å². The van der Waals surface area contributed by atoms with Crippen LogP contribution < -0.4 is 11.1 Å². The van der Waals surface area contributed by atoms with Crippen LogP contribution in [-0.2, 0) is 18.3 Å². The van der Waals surface area contributed by atoms with Gasteiger partial charge in [-0.05, 0) is 82.8 Å². The number of carbonyl (C=O) groups excluding carboxylic acids is 1. The minimum atomic E-state index is -4.84. The largest absolute Gasteiger partial charge is 0.436 e. The van der Waals surface area contributed by atoms with Crippen molar-refractivity contribution in [2.45, 2.75) is 44.0 Å². The van der Waals surface area contributed by atoms with Crippen molar-refractivity contribution in [2.24, 2.45) is 11.7 Å². The van der Waals surface area contributed by atoms with Crippen LogP contribution in [-0.4, -0.2) is 25.8 Å². The molecule has 0 spiro atoms. The highest BCUT2D eigenvalue weighted by molar-refractivity contribution is 14.1. The molecule has 5 rings (SSSR count). The van der Waals surface area contributed by atoms with Gasteiger partial charge >= 0.3 is 6.18 Å². The van der Waals surface area contributed by atoms with Gasteiger partial charge in [-0.1, -0.05) is 37.1 Å². The number of carbonyl (C=O) groups is 1. The van der Waals surface area contributed by atoms with Gasteiger partial charge in [0.25, 0.3) is 5.91 Å². The molecule has 0 bridgehead atoms. The van der Waals surface area contributed by atoms with Crippen LogP contribution in [0.15, 0.2) is 67.0 Å². The summed E-state index contributed by atoms with van der Waals surface area (Å²) >= 11 is 1.42. The normalized spacial score (nSPS) is 15.0. The fourth-order valence-corrected chi connectivity index (χ4v) is 5.61. The summed E-state index contributed by atoms with van der Waals surface area (Å²) in [5.41, 5.74) is 3.83. The zero-order valence-corrected chi connectivity index (χ0v) is 23.8. The molecule has 1 fully saturated rings. The first-order chi connectivity index (χ1) is 19.5. The van der Waals surface area contributed by atoms with E-state index in [1.807, 2.05) is 0 Å². The number of aliphatic hydroxyl groups is 1. The molecule has 0 aliphatic heterocycles. The SMILES string of the molecule is NCc1cccc(-n2nc(C(F)(F)F)c(I)c2C(=O)Nc2cc(C(O)(CCC3CC3)c3cccnc3)ccc2F)c1. The number of rotatable bonds is 9. The first-order valence-corrected chi connectivity index (χ1v) is 14.0. The lowest BCUT2D eigenvalue weighted by Crippen LogP contribution is -2.28. The first kappa shape index (κ1) is 29.1. The Kier molecular flexibility index (Phi) is 8.17. The van der Waals surface area contributed by atoms with Gasteiger partial charge in [-0.3, -0.25) is 9.78 Å². The highest BCUT2D eigenvalue weighted by Crippen LogP contribution is 2.42. The minimum absolute atomic E-state index is 0.123. The number of nitrogens with zero attached hydrogens (tertiary/aromatic N) is 3. The minimum Gasteiger partial charge on any atom is -0.380 e. The maximum absolute atomic E-state index is 15.1. The molecule has 41 heavy (non-hydrogen) atoms. The molecular formula is C29H26F4IN5O2. The van der Waals surface area contributed by atoms with E-state index in [4.69, 9.17) is 5.73 Å². The predicted molar refractivity (Wildman–Crippen MR) is 153 cm³/mol. The van der Waals surface area contributed by atoms with E-state index in [1.54, 1.807) is 30.5 Å². The van der Waals surface area contributed by atoms with Crippen LogP contribution in [0.2, 0.25) is 0 Å². The lowest BCUT2D eigenvalue weighted by atomic mass is 9.82. The summed E-state index contributed by atoms with van der Waals surface area (Å²) in [5, 5.41) is 18.0. The van der Waals surface area contributed by atoms with Crippen molar-refractivity contribution >= 4 is 34.2 Å². The zero-order chi connectivity index (χ0) is 29.4. The fraction of sp³-hybridized carbons (Fsp3) is 0.276. The van der Waals surface area contributed by atoms with Crippen molar-refractivity contribution in [3.8, 4) is 5.69 Å². The number of aromatic nitrogens is 3. The van der Waals surface area contributed by atoms with Crippen LogP contribution in [0.5, 0.6) is 0 Å². The van der Waals surface area contributed by atoms with E-state index in [-0.39, 0.29) is 17.9 Å². The Bertz CT molecular complexity index is 1570. The molecule has 2 aromatic heterocycles. The number of hydrogen-bond donors (Lipinski definition) is 3. The van der Waals surface area contributed by atoms with E-state index in [9.17, 15) is 23.1 Å². The van der Waals surface area contributed by atoms with Gasteiger partial charge in [-0.25, -0.2) is 9.07 Å². The lowest BCUT2D eigenvalue weighted by molar-refractivity contribution is -0.142. The van der Waals surface area contributed by atoms with Crippen molar-refractivity contribution < 1.29 is 27.5 Å². The number of halogens is 5. The first-order valence-electron chi connectivity index (χ1n) is 12.9. The number of anilines is 1. The summed E-state index contributed by atoms with van der Waals surface area (Å²) in [6.45, 7) is 0.123. The maximum atomic E-state index is 15.1. The van der Waals surface area contributed by atoms with Crippen molar-refractivity contribution in [3.63, 3.8) is 0 Å². The fourth-order valence-electron chi connectivity index (χ4n) is 4.72. The predicted octanol–water partition coefficient (Wildman–Crippen LogP) is 6.17. The Hall–Kier alpha value is -3.36. The molecular weight excluding hydrogens is 653 g/mol. The summed E-state index contributed by atoms with van der Waals surface area (Å²) in [5.74, 6) is -1.32. The average molecular weight is 679 g/mol. The zero-order valence-electron chi connectivity index (χ0n) is 21.6. The number of alkyl halides is 3. The molecule has 1 atom stereocenters. The average Bonchev–Trinajstić information content (AvgIpc) is 3.72. The van der Waals surface area contributed by atoms with Gasteiger partial charge in [0.2, 0.25) is 0 Å². The molecule has 1 aliphatic rings. The molecule has 1 saturated carbocycles. The molecule has 12 heteroatoms. The van der Waals surface area contributed by atoms with Gasteiger partial charge in [0.15, 0.2) is 5.69 Å². The molecule has 214 valence electrons. The number of hydrogen-bond acceptors (Lipinski definition) is 5. The van der Waals surface area contributed by atoms with Gasteiger partial charge < -0.3 is 16.2 Å². The van der Waals surface area contributed by atoms with Crippen LogP contribution in [0.1, 0.15) is 58.6 Å². The molecule has 4 N–H and O–H groups in total. The summed E-state index contributed by atoms with van der Waals surface area (Å²) in [7, 11) is 0. The van der Waals surface area contributed by atoms with Crippen LogP contribution in [0.25, 0.3) is 5.69 Å². The van der Waals surface area contributed by atoms with E-state index < -0.39 is 38.5 Å². The standard InChI is InChI=1S/C29H26F4IN5O2/c30-22-9-8-19(28(41,11-10-17-6-7-17)20-4-2-12-36-16-20)14-23(22)37-27(40)25-24(34)26(29(31,32)33)38-39(25)21-5-1-3-18(13-21)15-35/h1-5,8-9,12-14,16-17,41H,6-7,10-11,15,35H2,(H,37,40). The van der Waals surface area contributed by atoms with Gasteiger partial charge in [-0.15, -0.1) is 0 Å². The number of amides is 1. The Morgan fingerprint density at radius 1 is 1.12 bits per heavy atom. The van der Waals surface area contributed by atoms with Crippen LogP contribution in [0.3, 0.4) is 0 Å². The van der Waals surface area contributed by atoms with E-state index >= 15 is 4.39 Å². The number of nitrogens with one attached hydrogen (secondary N) is 1. The van der Waals surface area contributed by atoms with Gasteiger partial charge in [0.1, 0.15) is 17.1 Å². The van der Waals surface area contributed by atoms with E-state index in [0.717, 1.165) is 30.0 Å². The third-order valence-corrected chi connectivity index (χ3v) is 8.17. The summed E-state index contributed by atoms with van der Waals surface area (Å²) in [6, 6.07) is 13.5. The monoisotopic (exact) mass is 679 g/mol. The molecule has 7 nitrogen and oxygen atoms in total. The molecule has 2 heterocycles. The highest BCUT2D eigenvalue weighted by Gasteiger charge is 2.40. The molecule has 0 saturated heterocycles. The summed E-state index contributed by atoms with van der Waals surface area (Å²) < 4.78 is 56.9. The number of benzene rings is 2.